The number of carbonyl (C=O) groups excluding carboxylic acids is 3. The van der Waals surface area contributed by atoms with Crippen molar-refractivity contribution in [3.8, 4) is 0 Å². The molecule has 8 heteroatoms. The minimum atomic E-state index is -0.544. The molecule has 1 aliphatic rings. The maximum absolute atomic E-state index is 13.0. The zero-order valence-corrected chi connectivity index (χ0v) is 17.8. The van der Waals surface area contributed by atoms with E-state index in [9.17, 15) is 14.4 Å². The molecule has 1 aromatic carbocycles. The molecule has 1 aliphatic heterocycles. The molecule has 0 radical (unpaired) electrons. The molecule has 0 unspecified atom stereocenters. The Labute approximate surface area is 183 Å². The van der Waals surface area contributed by atoms with Crippen molar-refractivity contribution in [3.05, 3.63) is 48.0 Å². The molecule has 31 heavy (non-hydrogen) atoms. The van der Waals surface area contributed by atoms with Crippen molar-refractivity contribution in [1.29, 1.82) is 0 Å². The molecule has 0 saturated carbocycles. The summed E-state index contributed by atoms with van der Waals surface area (Å²) in [5.41, 5.74) is 0.832. The normalized spacial score (nSPS) is 20.5. The molecule has 2 atom stereocenters. The third kappa shape index (κ3) is 9.76. The first-order valence-corrected chi connectivity index (χ1v) is 10.7. The van der Waals surface area contributed by atoms with Crippen LogP contribution in [-0.2, 0) is 23.9 Å². The van der Waals surface area contributed by atoms with Crippen LogP contribution in [-0.4, -0.2) is 55.9 Å². The lowest BCUT2D eigenvalue weighted by molar-refractivity contribution is -0.145. The molecule has 2 amide bonds. The number of esters is 1. The summed E-state index contributed by atoms with van der Waals surface area (Å²) in [5.74, 6) is -1.34. The topological polar surface area (TPSA) is 114 Å². The van der Waals surface area contributed by atoms with Gasteiger partial charge in [0, 0.05) is 19.4 Å². The number of aliphatic hydroxyl groups is 1. The third-order valence-corrected chi connectivity index (χ3v) is 4.88. The van der Waals surface area contributed by atoms with Gasteiger partial charge in [0.1, 0.15) is 6.61 Å². The van der Waals surface area contributed by atoms with Crippen LogP contribution in [0.2, 0.25) is 0 Å². The maximum atomic E-state index is 13.0. The van der Waals surface area contributed by atoms with E-state index < -0.39 is 12.0 Å². The van der Waals surface area contributed by atoms with Crippen LogP contribution in [0, 0.1) is 5.92 Å². The quantitative estimate of drug-likeness (QED) is 0.327. The average Bonchev–Trinajstić information content (AvgIpc) is 2.79. The summed E-state index contributed by atoms with van der Waals surface area (Å²) < 4.78 is 10.5. The van der Waals surface area contributed by atoms with Crippen LogP contribution in [0.25, 0.3) is 0 Å². The number of hydrogen-bond donors (Lipinski definition) is 3. The molecule has 0 spiro atoms. The Hall–Kier alpha value is -2.71. The molecule has 1 heterocycles. The van der Waals surface area contributed by atoms with Gasteiger partial charge in [0.2, 0.25) is 11.8 Å². The number of aliphatic hydroxyl groups excluding tert-OH is 1. The predicted molar refractivity (Wildman–Crippen MR) is 115 cm³/mol. The molecular formula is C23H32N2O6. The Kier molecular flexibility index (Phi) is 11.3. The van der Waals surface area contributed by atoms with Crippen LogP contribution in [0.5, 0.6) is 0 Å². The Bertz CT molecular complexity index is 722. The fourth-order valence-corrected chi connectivity index (χ4v) is 3.20. The summed E-state index contributed by atoms with van der Waals surface area (Å²) in [5, 5.41) is 14.4. The first kappa shape index (κ1) is 24.6. The molecule has 0 fully saturated rings. The zero-order chi connectivity index (χ0) is 22.3. The summed E-state index contributed by atoms with van der Waals surface area (Å²) >= 11 is 0. The van der Waals surface area contributed by atoms with E-state index in [1.165, 1.54) is 0 Å². The van der Waals surface area contributed by atoms with Crippen LogP contribution < -0.4 is 10.6 Å². The number of cyclic esters (lactones) is 1. The van der Waals surface area contributed by atoms with Gasteiger partial charge in [0.25, 0.3) is 0 Å². The number of benzene rings is 1. The number of carbonyl (C=O) groups is 3. The van der Waals surface area contributed by atoms with Gasteiger partial charge in [-0.2, -0.15) is 0 Å². The fraction of sp³-hybridized carbons (Fsp3) is 0.522. The molecule has 8 nitrogen and oxygen atoms in total. The number of hydrogen-bond acceptors (Lipinski definition) is 6. The molecule has 1 aromatic rings. The van der Waals surface area contributed by atoms with E-state index in [4.69, 9.17) is 14.6 Å². The molecule has 3 N–H and O–H groups in total. The molecule has 2 rings (SSSR count). The molecule has 170 valence electrons. The van der Waals surface area contributed by atoms with E-state index in [1.54, 1.807) is 0 Å². The van der Waals surface area contributed by atoms with Crippen molar-refractivity contribution < 1.29 is 29.0 Å². The lowest BCUT2D eigenvalue weighted by Gasteiger charge is -2.22. The van der Waals surface area contributed by atoms with Crippen molar-refractivity contribution in [2.75, 3.05) is 33.0 Å². The lowest BCUT2D eigenvalue weighted by Crippen LogP contribution is -2.39. The van der Waals surface area contributed by atoms with Gasteiger partial charge in [0.05, 0.1) is 31.8 Å². The van der Waals surface area contributed by atoms with Gasteiger partial charge in [0.15, 0.2) is 0 Å². The highest BCUT2D eigenvalue weighted by Gasteiger charge is 2.25. The highest BCUT2D eigenvalue weighted by atomic mass is 16.5. The molecule has 0 bridgehead atoms. The Morgan fingerprint density at radius 1 is 1.19 bits per heavy atom. The van der Waals surface area contributed by atoms with E-state index >= 15 is 0 Å². The van der Waals surface area contributed by atoms with Crippen molar-refractivity contribution in [2.24, 2.45) is 5.92 Å². The second kappa shape index (κ2) is 14.3. The predicted octanol–water partition coefficient (Wildman–Crippen LogP) is 1.65. The van der Waals surface area contributed by atoms with Gasteiger partial charge in [-0.05, 0) is 24.8 Å². The maximum Gasteiger partial charge on any atom is 0.305 e. The van der Waals surface area contributed by atoms with Crippen LogP contribution in [0.4, 0.5) is 0 Å². The number of amides is 2. The van der Waals surface area contributed by atoms with Crippen molar-refractivity contribution in [1.82, 2.24) is 10.6 Å². The van der Waals surface area contributed by atoms with Gasteiger partial charge in [-0.1, -0.05) is 42.5 Å². The lowest BCUT2D eigenvalue weighted by atomic mass is 9.97. The summed E-state index contributed by atoms with van der Waals surface area (Å²) in [4.78, 5) is 37.3. The van der Waals surface area contributed by atoms with Gasteiger partial charge >= 0.3 is 5.97 Å². The standard InChI is InChI=1S/C23H32N2O6/c26-13-15-30-14-12-24-21(27)16-19-10-4-1-2-7-11-22(28)31-17-20(25-23(19)29)18-8-5-3-6-9-18/h1,3-6,8-9,19-20,26H,2,7,10-17H2,(H,24,27)(H,25,29)/t19-,20-/m1/s1. The highest BCUT2D eigenvalue weighted by molar-refractivity contribution is 5.86. The summed E-state index contributed by atoms with van der Waals surface area (Å²) in [6, 6.07) is 8.84. The third-order valence-electron chi connectivity index (χ3n) is 4.88. The SMILES string of the molecule is O=C(C[C@H]1CC=CCCCC(=O)OC[C@H](c2ccccc2)NC1=O)NCCOCCO. The second-order valence-corrected chi connectivity index (χ2v) is 7.34. The molecule has 0 saturated heterocycles. The fourth-order valence-electron chi connectivity index (χ4n) is 3.20. The number of allylic oxidation sites excluding steroid dienone is 2. The minimum absolute atomic E-state index is 0.0392. The minimum Gasteiger partial charge on any atom is -0.463 e. The summed E-state index contributed by atoms with van der Waals surface area (Å²) in [7, 11) is 0. The Morgan fingerprint density at radius 3 is 2.77 bits per heavy atom. The zero-order valence-electron chi connectivity index (χ0n) is 17.8. The van der Waals surface area contributed by atoms with E-state index in [-0.39, 0.29) is 44.0 Å². The van der Waals surface area contributed by atoms with E-state index in [0.29, 0.717) is 38.8 Å². The van der Waals surface area contributed by atoms with Crippen LogP contribution >= 0.6 is 0 Å². The first-order valence-electron chi connectivity index (χ1n) is 10.7. The monoisotopic (exact) mass is 432 g/mol. The van der Waals surface area contributed by atoms with E-state index in [1.807, 2.05) is 42.5 Å². The average molecular weight is 433 g/mol. The smallest absolute Gasteiger partial charge is 0.305 e. The number of rotatable bonds is 8. The molecule has 0 aromatic heterocycles. The van der Waals surface area contributed by atoms with Crippen molar-refractivity contribution in [2.45, 2.75) is 38.1 Å². The molecule has 0 aliphatic carbocycles. The van der Waals surface area contributed by atoms with Crippen LogP contribution in [0.15, 0.2) is 42.5 Å². The Balaban J connectivity index is 2.04. The van der Waals surface area contributed by atoms with Crippen molar-refractivity contribution >= 4 is 17.8 Å². The first-order chi connectivity index (χ1) is 15.1. The van der Waals surface area contributed by atoms with Gasteiger partial charge in [-0.25, -0.2) is 0 Å². The number of nitrogens with one attached hydrogen (secondary N) is 2. The van der Waals surface area contributed by atoms with Gasteiger partial charge in [-0.15, -0.1) is 0 Å². The highest BCUT2D eigenvalue weighted by Crippen LogP contribution is 2.18. The number of ether oxygens (including phenoxy) is 2. The van der Waals surface area contributed by atoms with Gasteiger partial charge in [-0.3, -0.25) is 14.4 Å². The Morgan fingerprint density at radius 2 is 2.00 bits per heavy atom. The largest absolute Gasteiger partial charge is 0.463 e. The van der Waals surface area contributed by atoms with Crippen LogP contribution in [0.3, 0.4) is 0 Å². The summed E-state index contributed by atoms with van der Waals surface area (Å²) in [6.45, 7) is 0.802. The molecular weight excluding hydrogens is 400 g/mol. The van der Waals surface area contributed by atoms with Crippen LogP contribution in [0.1, 0.15) is 43.7 Å². The van der Waals surface area contributed by atoms with Gasteiger partial charge < -0.3 is 25.2 Å². The van der Waals surface area contributed by atoms with E-state index in [0.717, 1.165) is 5.56 Å². The van der Waals surface area contributed by atoms with Crippen molar-refractivity contribution in [3.63, 3.8) is 0 Å². The van der Waals surface area contributed by atoms with E-state index in [2.05, 4.69) is 10.6 Å². The second-order valence-electron chi connectivity index (χ2n) is 7.34. The summed E-state index contributed by atoms with van der Waals surface area (Å²) in [6.07, 6.45) is 5.99.